The summed E-state index contributed by atoms with van der Waals surface area (Å²) in [5, 5.41) is 0. The summed E-state index contributed by atoms with van der Waals surface area (Å²) in [6.45, 7) is 6.92. The van der Waals surface area contributed by atoms with Gasteiger partial charge in [-0.1, -0.05) is 297 Å². The Bertz CT molecular complexity index is 618. The zero-order valence-electron chi connectivity index (χ0n) is 37.7. The summed E-state index contributed by atoms with van der Waals surface area (Å²) in [6.07, 6.45) is 65.2. The molecule has 0 unspecified atom stereocenters. The topological polar surface area (TPSA) is 17.1 Å². The highest BCUT2D eigenvalue weighted by molar-refractivity contribution is 5.80. The Morgan fingerprint density at radius 1 is 0.245 bits per heavy atom. The first-order chi connectivity index (χ1) is 26.3. The van der Waals surface area contributed by atoms with Crippen LogP contribution >= 0.6 is 0 Å². The molecule has 0 fully saturated rings. The first-order valence-corrected chi connectivity index (χ1v) is 25.8. The van der Waals surface area contributed by atoms with Crippen molar-refractivity contribution in [1.29, 1.82) is 0 Å². The predicted molar refractivity (Wildman–Crippen MR) is 243 cm³/mol. The minimum absolute atomic E-state index is 0.362. The molecule has 318 valence electrons. The largest absolute Gasteiger partial charge is 0.299 e. The van der Waals surface area contributed by atoms with Crippen molar-refractivity contribution in [2.45, 2.75) is 323 Å². The van der Waals surface area contributed by atoms with E-state index in [1.807, 2.05) is 0 Å². The van der Waals surface area contributed by atoms with E-state index < -0.39 is 0 Å². The second-order valence-electron chi connectivity index (χ2n) is 18.0. The number of hydrogen-bond acceptors (Lipinski definition) is 1. The summed E-state index contributed by atoms with van der Waals surface area (Å²) in [6, 6.07) is 0. The first kappa shape index (κ1) is 52.7. The van der Waals surface area contributed by atoms with Gasteiger partial charge in [0.05, 0.1) is 0 Å². The molecular formula is C52H104O. The van der Waals surface area contributed by atoms with E-state index in [4.69, 9.17) is 0 Å². The van der Waals surface area contributed by atoms with E-state index in [-0.39, 0.29) is 0 Å². The number of carbonyl (C=O) groups is 1. The summed E-state index contributed by atoms with van der Waals surface area (Å²) < 4.78 is 0. The van der Waals surface area contributed by atoms with Crippen LogP contribution in [-0.4, -0.2) is 5.78 Å². The lowest BCUT2D eigenvalue weighted by atomic mass is 9.88. The molecule has 0 aliphatic carbocycles. The highest BCUT2D eigenvalue weighted by Crippen LogP contribution is 2.24. The molecule has 1 heteroatoms. The van der Waals surface area contributed by atoms with Crippen LogP contribution in [0, 0.1) is 5.92 Å². The standard InChI is InChI=1S/C52H104O/c1-4-7-10-13-16-19-22-25-27-29-31-33-36-39-42-45-48-51(52(53)50-47-44-41-38-35-24-21-18-15-12-9-6-3)49-46-43-40-37-34-32-30-28-26-23-20-17-14-11-8-5-2/h51H,4-50H2,1-3H3. The second kappa shape index (κ2) is 47.8. The van der Waals surface area contributed by atoms with Crippen LogP contribution < -0.4 is 0 Å². The molecule has 0 N–H and O–H groups in total. The molecule has 0 heterocycles. The average molecular weight is 745 g/mol. The van der Waals surface area contributed by atoms with E-state index in [0.29, 0.717) is 11.7 Å². The second-order valence-corrected chi connectivity index (χ2v) is 18.0. The SMILES string of the molecule is CCCCCCCCCCCCCCCCCCC(CCCCCCCCCCCCCCCCCC)C(=O)CCCCCCCCCCCCCC. The molecule has 0 bridgehead atoms. The van der Waals surface area contributed by atoms with Crippen LogP contribution in [0.4, 0.5) is 0 Å². The number of Topliss-reactive ketones (excluding diaryl/α,β-unsaturated/α-hetero) is 1. The van der Waals surface area contributed by atoms with Crippen molar-refractivity contribution in [2.24, 2.45) is 5.92 Å². The highest BCUT2D eigenvalue weighted by Gasteiger charge is 2.17. The van der Waals surface area contributed by atoms with Gasteiger partial charge in [-0.3, -0.25) is 4.79 Å². The van der Waals surface area contributed by atoms with Crippen LogP contribution in [0.2, 0.25) is 0 Å². The fraction of sp³-hybridized carbons (Fsp3) is 0.981. The summed E-state index contributed by atoms with van der Waals surface area (Å²) in [5.74, 6) is 0.986. The first-order valence-electron chi connectivity index (χ1n) is 25.8. The summed E-state index contributed by atoms with van der Waals surface area (Å²) in [7, 11) is 0. The summed E-state index contributed by atoms with van der Waals surface area (Å²) in [4.78, 5) is 13.4. The van der Waals surface area contributed by atoms with Crippen molar-refractivity contribution in [3.8, 4) is 0 Å². The maximum absolute atomic E-state index is 13.4. The van der Waals surface area contributed by atoms with Gasteiger partial charge < -0.3 is 0 Å². The van der Waals surface area contributed by atoms with Crippen molar-refractivity contribution >= 4 is 5.78 Å². The molecule has 0 aliphatic heterocycles. The third kappa shape index (κ3) is 44.3. The van der Waals surface area contributed by atoms with Crippen molar-refractivity contribution in [3.05, 3.63) is 0 Å². The monoisotopic (exact) mass is 745 g/mol. The summed E-state index contributed by atoms with van der Waals surface area (Å²) >= 11 is 0. The van der Waals surface area contributed by atoms with E-state index >= 15 is 0 Å². The van der Waals surface area contributed by atoms with Crippen LogP contribution in [0.3, 0.4) is 0 Å². The molecule has 0 saturated carbocycles. The quantitative estimate of drug-likeness (QED) is 0.0567. The predicted octanol–water partition coefficient (Wildman–Crippen LogP) is 19.6. The van der Waals surface area contributed by atoms with E-state index in [9.17, 15) is 4.79 Å². The van der Waals surface area contributed by atoms with Gasteiger partial charge in [0.25, 0.3) is 0 Å². The molecule has 53 heavy (non-hydrogen) atoms. The lowest BCUT2D eigenvalue weighted by molar-refractivity contribution is -0.123. The number of carbonyl (C=O) groups excluding carboxylic acids is 1. The minimum atomic E-state index is 0.362. The van der Waals surface area contributed by atoms with Crippen molar-refractivity contribution in [2.75, 3.05) is 0 Å². The maximum Gasteiger partial charge on any atom is 0.135 e. The zero-order valence-corrected chi connectivity index (χ0v) is 37.7. The number of hydrogen-bond donors (Lipinski definition) is 0. The molecule has 0 amide bonds. The molecule has 0 saturated heterocycles. The molecule has 0 aromatic rings. The molecule has 1 nitrogen and oxygen atoms in total. The normalized spacial score (nSPS) is 11.7. The smallest absolute Gasteiger partial charge is 0.135 e. The molecule has 0 aromatic carbocycles. The molecule has 0 aliphatic rings. The lowest BCUT2D eigenvalue weighted by Gasteiger charge is -2.16. The van der Waals surface area contributed by atoms with Crippen LogP contribution in [0.1, 0.15) is 323 Å². The lowest BCUT2D eigenvalue weighted by Crippen LogP contribution is -2.14. The van der Waals surface area contributed by atoms with Crippen LogP contribution in [0.5, 0.6) is 0 Å². The molecule has 0 rings (SSSR count). The fourth-order valence-electron chi connectivity index (χ4n) is 8.69. The Kier molecular flexibility index (Phi) is 47.5. The van der Waals surface area contributed by atoms with Gasteiger partial charge in [0.15, 0.2) is 0 Å². The van der Waals surface area contributed by atoms with Gasteiger partial charge in [-0.2, -0.15) is 0 Å². The number of rotatable bonds is 48. The molecular weight excluding hydrogens is 641 g/mol. The van der Waals surface area contributed by atoms with Gasteiger partial charge in [0.2, 0.25) is 0 Å². The van der Waals surface area contributed by atoms with E-state index in [1.165, 1.54) is 289 Å². The average Bonchev–Trinajstić information content (AvgIpc) is 3.17. The summed E-state index contributed by atoms with van der Waals surface area (Å²) in [5.41, 5.74) is 0. The fourth-order valence-corrected chi connectivity index (χ4v) is 8.69. The third-order valence-corrected chi connectivity index (χ3v) is 12.5. The van der Waals surface area contributed by atoms with Gasteiger partial charge in [-0.15, -0.1) is 0 Å². The van der Waals surface area contributed by atoms with Gasteiger partial charge in [-0.05, 0) is 19.3 Å². The highest BCUT2D eigenvalue weighted by atomic mass is 16.1. The molecule has 0 aromatic heterocycles. The van der Waals surface area contributed by atoms with Crippen molar-refractivity contribution < 1.29 is 4.79 Å². The van der Waals surface area contributed by atoms with E-state index in [1.54, 1.807) is 0 Å². The van der Waals surface area contributed by atoms with Gasteiger partial charge >= 0.3 is 0 Å². The van der Waals surface area contributed by atoms with Crippen molar-refractivity contribution in [3.63, 3.8) is 0 Å². The zero-order chi connectivity index (χ0) is 38.4. The van der Waals surface area contributed by atoms with Crippen LogP contribution in [-0.2, 0) is 4.79 Å². The Labute approximate surface area is 338 Å². The maximum atomic E-state index is 13.4. The number of unbranched alkanes of at least 4 members (excludes halogenated alkanes) is 41. The van der Waals surface area contributed by atoms with Gasteiger partial charge in [0, 0.05) is 12.3 Å². The Balaban J connectivity index is 4.06. The van der Waals surface area contributed by atoms with E-state index in [0.717, 1.165) is 12.8 Å². The van der Waals surface area contributed by atoms with Crippen LogP contribution in [0.25, 0.3) is 0 Å². The van der Waals surface area contributed by atoms with Crippen molar-refractivity contribution in [1.82, 2.24) is 0 Å². The Morgan fingerprint density at radius 3 is 0.623 bits per heavy atom. The minimum Gasteiger partial charge on any atom is -0.299 e. The molecule has 0 radical (unpaired) electrons. The molecule has 0 spiro atoms. The third-order valence-electron chi connectivity index (χ3n) is 12.5. The van der Waals surface area contributed by atoms with E-state index in [2.05, 4.69) is 20.8 Å². The van der Waals surface area contributed by atoms with Gasteiger partial charge in [0.1, 0.15) is 5.78 Å². The molecule has 0 atom stereocenters. The Hall–Kier alpha value is -0.330. The van der Waals surface area contributed by atoms with Gasteiger partial charge in [-0.25, -0.2) is 0 Å². The Morgan fingerprint density at radius 2 is 0.415 bits per heavy atom. The van der Waals surface area contributed by atoms with Crippen LogP contribution in [0.15, 0.2) is 0 Å². The number of ketones is 1.